The third-order valence-electron chi connectivity index (χ3n) is 3.18. The molecule has 1 aliphatic heterocycles. The van der Waals surface area contributed by atoms with E-state index in [4.69, 9.17) is 5.73 Å². The minimum absolute atomic E-state index is 0.0439. The van der Waals surface area contributed by atoms with Gasteiger partial charge in [0.15, 0.2) is 0 Å². The van der Waals surface area contributed by atoms with Crippen molar-refractivity contribution in [3.63, 3.8) is 0 Å². The van der Waals surface area contributed by atoms with Gasteiger partial charge < -0.3 is 16.0 Å². The Morgan fingerprint density at radius 2 is 1.95 bits per heavy atom. The van der Waals surface area contributed by atoms with Crippen molar-refractivity contribution >= 4 is 27.6 Å². The maximum Gasteiger partial charge on any atom is 0.314 e. The van der Waals surface area contributed by atoms with Gasteiger partial charge in [-0.05, 0) is 34.8 Å². The number of likely N-dealkylation sites (tertiary alicyclic amines) is 1. The summed E-state index contributed by atoms with van der Waals surface area (Å²) in [5.41, 5.74) is 5.44. The average molecular weight is 334 g/mol. The maximum atomic E-state index is 13.6. The van der Waals surface area contributed by atoms with Gasteiger partial charge in [-0.2, -0.15) is 0 Å². The Kier molecular flexibility index (Phi) is 4.24. The number of primary amides is 1. The fourth-order valence-electron chi connectivity index (χ4n) is 2.10. The van der Waals surface area contributed by atoms with Crippen LogP contribution in [0, 0.1) is 11.6 Å². The van der Waals surface area contributed by atoms with Gasteiger partial charge in [-0.15, -0.1) is 0 Å². The van der Waals surface area contributed by atoms with Crippen LogP contribution in [0.4, 0.5) is 19.3 Å². The molecule has 1 aromatic rings. The fourth-order valence-corrected chi connectivity index (χ4v) is 2.44. The topological polar surface area (TPSA) is 58.4 Å². The van der Waals surface area contributed by atoms with Crippen molar-refractivity contribution in [3.8, 4) is 0 Å². The number of hydrogen-bond donors (Lipinski definition) is 2. The number of carbonyl (C=O) groups is 1. The van der Waals surface area contributed by atoms with Crippen molar-refractivity contribution < 1.29 is 13.6 Å². The number of rotatable bonds is 2. The van der Waals surface area contributed by atoms with Crippen molar-refractivity contribution in [1.82, 2.24) is 4.90 Å². The summed E-state index contributed by atoms with van der Waals surface area (Å²) in [4.78, 5) is 12.5. The minimum Gasteiger partial charge on any atom is -0.380 e. The molecule has 0 radical (unpaired) electrons. The van der Waals surface area contributed by atoms with Gasteiger partial charge >= 0.3 is 6.03 Å². The third-order valence-corrected chi connectivity index (χ3v) is 3.78. The van der Waals surface area contributed by atoms with E-state index in [1.165, 1.54) is 6.07 Å². The van der Waals surface area contributed by atoms with Crippen LogP contribution in [-0.4, -0.2) is 30.1 Å². The average Bonchev–Trinajstić information content (AvgIpc) is 2.36. The number of carbonyl (C=O) groups excluding carboxylic acids is 1. The summed E-state index contributed by atoms with van der Waals surface area (Å²) < 4.78 is 26.9. The number of benzene rings is 1. The van der Waals surface area contributed by atoms with Gasteiger partial charge in [0, 0.05) is 25.2 Å². The molecule has 1 fully saturated rings. The predicted octanol–water partition coefficient (Wildman–Crippen LogP) is 2.68. The molecule has 3 N–H and O–H groups in total. The van der Waals surface area contributed by atoms with E-state index < -0.39 is 17.7 Å². The second-order valence-corrected chi connectivity index (χ2v) is 5.34. The summed E-state index contributed by atoms with van der Waals surface area (Å²) in [5.74, 6) is -1.26. The summed E-state index contributed by atoms with van der Waals surface area (Å²) in [5, 5.41) is 3.03. The van der Waals surface area contributed by atoms with Gasteiger partial charge in [-0.25, -0.2) is 13.6 Å². The molecule has 2 rings (SSSR count). The SMILES string of the molecule is NC(=O)N1CCC(Nc2cc(Br)c(F)cc2F)CC1. The summed E-state index contributed by atoms with van der Waals surface area (Å²) >= 11 is 3.02. The van der Waals surface area contributed by atoms with E-state index in [9.17, 15) is 13.6 Å². The fraction of sp³-hybridized carbons (Fsp3) is 0.417. The molecule has 19 heavy (non-hydrogen) atoms. The molecular weight excluding hydrogens is 320 g/mol. The summed E-state index contributed by atoms with van der Waals surface area (Å²) in [6.07, 6.45) is 1.36. The van der Waals surface area contributed by atoms with Crippen LogP contribution in [0.5, 0.6) is 0 Å². The molecule has 2 amide bonds. The molecule has 104 valence electrons. The molecule has 0 spiro atoms. The van der Waals surface area contributed by atoms with Crippen LogP contribution in [0.2, 0.25) is 0 Å². The van der Waals surface area contributed by atoms with Crippen molar-refractivity contribution in [1.29, 1.82) is 0 Å². The molecule has 1 heterocycles. The number of anilines is 1. The van der Waals surface area contributed by atoms with Gasteiger partial charge in [0.25, 0.3) is 0 Å². The molecule has 0 atom stereocenters. The van der Waals surface area contributed by atoms with Crippen LogP contribution in [0.25, 0.3) is 0 Å². The zero-order valence-corrected chi connectivity index (χ0v) is 11.7. The molecule has 0 aliphatic carbocycles. The smallest absolute Gasteiger partial charge is 0.314 e. The standard InChI is InChI=1S/C12H14BrF2N3O/c13-8-5-11(10(15)6-9(8)14)17-7-1-3-18(4-2-7)12(16)19/h5-7,17H,1-4H2,(H2,16,19). The lowest BCUT2D eigenvalue weighted by molar-refractivity contribution is 0.193. The minimum atomic E-state index is -0.633. The van der Waals surface area contributed by atoms with Crippen LogP contribution in [0.1, 0.15) is 12.8 Å². The number of urea groups is 1. The van der Waals surface area contributed by atoms with Gasteiger partial charge in [0.2, 0.25) is 0 Å². The highest BCUT2D eigenvalue weighted by molar-refractivity contribution is 9.10. The van der Waals surface area contributed by atoms with E-state index in [2.05, 4.69) is 21.2 Å². The molecule has 0 saturated carbocycles. The van der Waals surface area contributed by atoms with E-state index in [1.54, 1.807) is 4.90 Å². The van der Waals surface area contributed by atoms with E-state index in [1.807, 2.05) is 0 Å². The number of amides is 2. The zero-order valence-electron chi connectivity index (χ0n) is 10.1. The molecule has 0 bridgehead atoms. The molecule has 7 heteroatoms. The van der Waals surface area contributed by atoms with E-state index in [0.717, 1.165) is 6.07 Å². The highest BCUT2D eigenvalue weighted by Gasteiger charge is 2.22. The summed E-state index contributed by atoms with van der Waals surface area (Å²) in [7, 11) is 0. The molecule has 1 aliphatic rings. The van der Waals surface area contributed by atoms with Crippen molar-refractivity contribution in [2.75, 3.05) is 18.4 Å². The molecule has 4 nitrogen and oxygen atoms in total. The third kappa shape index (κ3) is 3.34. The number of piperidine rings is 1. The van der Waals surface area contributed by atoms with Gasteiger partial charge in [0.1, 0.15) is 11.6 Å². The number of halogens is 3. The van der Waals surface area contributed by atoms with Crippen molar-refractivity contribution in [2.45, 2.75) is 18.9 Å². The monoisotopic (exact) mass is 333 g/mol. The second-order valence-electron chi connectivity index (χ2n) is 4.49. The lowest BCUT2D eigenvalue weighted by Crippen LogP contribution is -2.44. The van der Waals surface area contributed by atoms with Gasteiger partial charge in [-0.1, -0.05) is 0 Å². The first-order chi connectivity index (χ1) is 8.97. The van der Waals surface area contributed by atoms with Gasteiger partial charge in [-0.3, -0.25) is 0 Å². The lowest BCUT2D eigenvalue weighted by Gasteiger charge is -2.31. The highest BCUT2D eigenvalue weighted by Crippen LogP contribution is 2.25. The number of nitrogens with one attached hydrogen (secondary N) is 1. The number of hydrogen-bond acceptors (Lipinski definition) is 2. The van der Waals surface area contributed by atoms with Crippen LogP contribution in [0.15, 0.2) is 16.6 Å². The first-order valence-electron chi connectivity index (χ1n) is 5.93. The maximum absolute atomic E-state index is 13.6. The van der Waals surface area contributed by atoms with Crippen LogP contribution in [0.3, 0.4) is 0 Å². The van der Waals surface area contributed by atoms with Gasteiger partial charge in [0.05, 0.1) is 10.2 Å². The molecule has 0 unspecified atom stereocenters. The van der Waals surface area contributed by atoms with Crippen LogP contribution < -0.4 is 11.1 Å². The Morgan fingerprint density at radius 3 is 2.53 bits per heavy atom. The lowest BCUT2D eigenvalue weighted by atomic mass is 10.0. The van der Waals surface area contributed by atoms with Crippen LogP contribution in [-0.2, 0) is 0 Å². The zero-order chi connectivity index (χ0) is 14.0. The first-order valence-corrected chi connectivity index (χ1v) is 6.72. The normalized spacial score (nSPS) is 16.5. The van der Waals surface area contributed by atoms with E-state index >= 15 is 0 Å². The molecule has 1 aromatic carbocycles. The molecule has 0 aromatic heterocycles. The largest absolute Gasteiger partial charge is 0.380 e. The number of nitrogens with two attached hydrogens (primary N) is 1. The van der Waals surface area contributed by atoms with E-state index in [-0.39, 0.29) is 16.2 Å². The Bertz CT molecular complexity index is 490. The highest BCUT2D eigenvalue weighted by atomic mass is 79.9. The van der Waals surface area contributed by atoms with E-state index in [0.29, 0.717) is 25.9 Å². The Morgan fingerprint density at radius 1 is 1.32 bits per heavy atom. The predicted molar refractivity (Wildman–Crippen MR) is 71.9 cm³/mol. The first kappa shape index (κ1) is 14.0. The Labute approximate surface area is 118 Å². The van der Waals surface area contributed by atoms with Crippen molar-refractivity contribution in [3.05, 3.63) is 28.2 Å². The Hall–Kier alpha value is -1.37. The summed E-state index contributed by atoms with van der Waals surface area (Å²) in [6.45, 7) is 1.08. The molecule has 1 saturated heterocycles. The second kappa shape index (κ2) is 5.73. The van der Waals surface area contributed by atoms with Crippen molar-refractivity contribution in [2.24, 2.45) is 5.73 Å². The quantitative estimate of drug-likeness (QED) is 0.817. The van der Waals surface area contributed by atoms with Crippen LogP contribution >= 0.6 is 15.9 Å². The molecular formula is C12H14BrF2N3O. The Balaban J connectivity index is 1.99. The summed E-state index contributed by atoms with van der Waals surface area (Å²) in [6, 6.07) is 1.83. The number of nitrogens with zero attached hydrogens (tertiary/aromatic N) is 1.